The third kappa shape index (κ3) is 3.25. The van der Waals surface area contributed by atoms with Gasteiger partial charge in [-0.15, -0.1) is 0 Å². The topological polar surface area (TPSA) is 92.1 Å². The van der Waals surface area contributed by atoms with Crippen molar-refractivity contribution in [3.8, 4) is 0 Å². The number of nitrogens with one attached hydrogen (secondary N) is 1. The summed E-state index contributed by atoms with van der Waals surface area (Å²) in [6.45, 7) is 6.01. The second-order valence-electron chi connectivity index (χ2n) is 6.35. The Morgan fingerprint density at radius 3 is 2.83 bits per heavy atom. The van der Waals surface area contributed by atoms with Crippen LogP contribution in [0.15, 0.2) is 15.4 Å². The van der Waals surface area contributed by atoms with E-state index in [-0.39, 0.29) is 23.9 Å². The van der Waals surface area contributed by atoms with Crippen LogP contribution in [0.5, 0.6) is 0 Å². The van der Waals surface area contributed by atoms with Crippen LogP contribution in [-0.2, 0) is 11.2 Å². The highest BCUT2D eigenvalue weighted by Gasteiger charge is 2.30. The first-order chi connectivity index (χ1) is 11.5. The van der Waals surface area contributed by atoms with Crippen molar-refractivity contribution in [3.05, 3.63) is 45.0 Å². The molecular weight excluding hydrogens is 308 g/mol. The molecule has 24 heavy (non-hydrogen) atoms. The van der Waals surface area contributed by atoms with Gasteiger partial charge in [-0.25, -0.2) is 4.98 Å². The van der Waals surface area contributed by atoms with Gasteiger partial charge in [0, 0.05) is 23.9 Å². The molecule has 2 aromatic rings. The van der Waals surface area contributed by atoms with E-state index in [4.69, 9.17) is 4.52 Å². The van der Waals surface area contributed by atoms with E-state index >= 15 is 0 Å². The lowest BCUT2D eigenvalue weighted by atomic mass is 9.98. The van der Waals surface area contributed by atoms with Crippen molar-refractivity contribution in [2.75, 3.05) is 6.54 Å². The Hall–Kier alpha value is -2.44. The zero-order chi connectivity index (χ0) is 17.3. The van der Waals surface area contributed by atoms with E-state index in [0.29, 0.717) is 23.6 Å². The number of hydrogen-bond donors (Lipinski definition) is 1. The first-order valence-electron chi connectivity index (χ1n) is 8.25. The predicted octanol–water partition coefficient (Wildman–Crippen LogP) is 1.98. The maximum Gasteiger partial charge on any atom is 0.254 e. The third-order valence-corrected chi connectivity index (χ3v) is 4.48. The number of amides is 1. The van der Waals surface area contributed by atoms with Crippen LogP contribution >= 0.6 is 0 Å². The van der Waals surface area contributed by atoms with Gasteiger partial charge in [0.1, 0.15) is 17.3 Å². The molecule has 0 aliphatic carbocycles. The smallest absolute Gasteiger partial charge is 0.254 e. The van der Waals surface area contributed by atoms with E-state index in [1.807, 2.05) is 17.9 Å². The molecule has 128 valence electrons. The monoisotopic (exact) mass is 330 g/mol. The van der Waals surface area contributed by atoms with Crippen LogP contribution < -0.4 is 5.56 Å². The minimum absolute atomic E-state index is 0.0573. The van der Waals surface area contributed by atoms with E-state index in [1.165, 1.54) is 0 Å². The molecule has 1 aliphatic heterocycles. The number of piperidine rings is 1. The number of rotatable bonds is 3. The maximum absolute atomic E-state index is 12.8. The van der Waals surface area contributed by atoms with Gasteiger partial charge < -0.3 is 14.4 Å². The summed E-state index contributed by atoms with van der Waals surface area (Å²) in [5.41, 5.74) is 1.59. The van der Waals surface area contributed by atoms with Crippen molar-refractivity contribution in [1.82, 2.24) is 20.0 Å². The zero-order valence-electron chi connectivity index (χ0n) is 14.3. The molecule has 3 rings (SSSR count). The summed E-state index contributed by atoms with van der Waals surface area (Å²) in [6, 6.07) is 1.79. The van der Waals surface area contributed by atoms with Crippen molar-refractivity contribution in [3.63, 3.8) is 0 Å². The highest BCUT2D eigenvalue weighted by atomic mass is 16.5. The van der Waals surface area contributed by atoms with Crippen LogP contribution in [-0.4, -0.2) is 32.5 Å². The summed E-state index contributed by atoms with van der Waals surface area (Å²) in [4.78, 5) is 33.7. The van der Waals surface area contributed by atoms with E-state index in [1.54, 1.807) is 13.8 Å². The van der Waals surface area contributed by atoms with Gasteiger partial charge in [-0.1, -0.05) is 5.16 Å². The van der Waals surface area contributed by atoms with Gasteiger partial charge in [0.05, 0.1) is 12.5 Å². The number of aromatic nitrogens is 3. The molecule has 1 amide bonds. The Morgan fingerprint density at radius 2 is 2.17 bits per heavy atom. The van der Waals surface area contributed by atoms with E-state index in [0.717, 1.165) is 30.7 Å². The summed E-state index contributed by atoms with van der Waals surface area (Å²) < 4.78 is 5.16. The van der Waals surface area contributed by atoms with Gasteiger partial charge in [0.25, 0.3) is 5.56 Å². The van der Waals surface area contributed by atoms with Crippen LogP contribution in [0.2, 0.25) is 0 Å². The highest BCUT2D eigenvalue weighted by molar-refractivity contribution is 5.79. The van der Waals surface area contributed by atoms with Crippen LogP contribution in [0, 0.1) is 20.8 Å². The molecular formula is C17H22N4O3. The molecule has 0 radical (unpaired) electrons. The average molecular weight is 330 g/mol. The fourth-order valence-electron chi connectivity index (χ4n) is 3.29. The number of hydrogen-bond acceptors (Lipinski definition) is 5. The predicted molar refractivity (Wildman–Crippen MR) is 87.6 cm³/mol. The van der Waals surface area contributed by atoms with Crippen molar-refractivity contribution in [1.29, 1.82) is 0 Å². The van der Waals surface area contributed by atoms with Crippen molar-refractivity contribution in [2.45, 2.75) is 52.5 Å². The van der Waals surface area contributed by atoms with Gasteiger partial charge in [-0.2, -0.15) is 0 Å². The third-order valence-electron chi connectivity index (χ3n) is 4.48. The van der Waals surface area contributed by atoms with E-state index < -0.39 is 0 Å². The summed E-state index contributed by atoms with van der Waals surface area (Å²) >= 11 is 0. The molecule has 0 unspecified atom stereocenters. The van der Waals surface area contributed by atoms with Crippen LogP contribution in [0.3, 0.4) is 0 Å². The van der Waals surface area contributed by atoms with Crippen molar-refractivity contribution >= 4 is 5.91 Å². The number of carbonyl (C=O) groups excluding carboxylic acids is 1. The molecule has 0 spiro atoms. The number of carbonyl (C=O) groups is 1. The fourth-order valence-corrected chi connectivity index (χ4v) is 3.29. The SMILES string of the molecule is Cc1nc(C)c(CC(=O)N2CCCC[C@H]2c2cc(C)on2)c(=O)[nH]1. The molecule has 1 aliphatic rings. The second-order valence-corrected chi connectivity index (χ2v) is 6.35. The Morgan fingerprint density at radius 1 is 1.38 bits per heavy atom. The minimum atomic E-state index is -0.237. The number of nitrogens with zero attached hydrogens (tertiary/aromatic N) is 3. The Balaban J connectivity index is 1.84. The molecule has 0 saturated carbocycles. The molecule has 3 heterocycles. The number of aromatic amines is 1. The minimum Gasteiger partial charge on any atom is -0.361 e. The summed E-state index contributed by atoms with van der Waals surface area (Å²) in [5, 5.41) is 4.08. The van der Waals surface area contributed by atoms with Crippen LogP contribution in [0.4, 0.5) is 0 Å². The molecule has 2 aromatic heterocycles. The fraction of sp³-hybridized carbons (Fsp3) is 0.529. The Kier molecular flexibility index (Phi) is 4.51. The highest BCUT2D eigenvalue weighted by Crippen LogP contribution is 2.31. The van der Waals surface area contributed by atoms with Gasteiger partial charge in [-0.05, 0) is 40.0 Å². The quantitative estimate of drug-likeness (QED) is 0.929. The lowest BCUT2D eigenvalue weighted by Gasteiger charge is -2.34. The second kappa shape index (κ2) is 6.59. The molecule has 1 atom stereocenters. The number of H-pyrrole nitrogens is 1. The molecule has 7 heteroatoms. The van der Waals surface area contributed by atoms with E-state index in [9.17, 15) is 9.59 Å². The largest absolute Gasteiger partial charge is 0.361 e. The molecule has 7 nitrogen and oxygen atoms in total. The molecule has 0 aromatic carbocycles. The van der Waals surface area contributed by atoms with Crippen molar-refractivity contribution in [2.24, 2.45) is 0 Å². The van der Waals surface area contributed by atoms with Crippen LogP contribution in [0.1, 0.15) is 53.8 Å². The Bertz CT molecular complexity index is 808. The van der Waals surface area contributed by atoms with Gasteiger partial charge in [0.15, 0.2) is 0 Å². The molecule has 1 N–H and O–H groups in total. The van der Waals surface area contributed by atoms with Gasteiger partial charge in [-0.3, -0.25) is 9.59 Å². The molecule has 0 bridgehead atoms. The van der Waals surface area contributed by atoms with Crippen molar-refractivity contribution < 1.29 is 9.32 Å². The first kappa shape index (κ1) is 16.4. The molecule has 1 fully saturated rings. The van der Waals surface area contributed by atoms with Gasteiger partial charge in [0.2, 0.25) is 5.91 Å². The summed E-state index contributed by atoms with van der Waals surface area (Å²) in [5.74, 6) is 1.22. The number of aryl methyl sites for hydroxylation is 3. The maximum atomic E-state index is 12.8. The standard InChI is InChI=1S/C17H22N4O3/c1-10-8-14(20-24-10)15-6-4-5-7-21(15)16(22)9-13-11(2)18-12(3)19-17(13)23/h8,15H,4-7,9H2,1-3H3,(H,18,19,23)/t15-/m0/s1. The summed E-state index contributed by atoms with van der Waals surface area (Å²) in [7, 11) is 0. The first-order valence-corrected chi connectivity index (χ1v) is 8.25. The van der Waals surface area contributed by atoms with Gasteiger partial charge >= 0.3 is 0 Å². The summed E-state index contributed by atoms with van der Waals surface area (Å²) in [6.07, 6.45) is 2.92. The average Bonchev–Trinajstić information content (AvgIpc) is 2.97. The normalized spacial score (nSPS) is 18.0. The Labute approximate surface area is 140 Å². The lowest BCUT2D eigenvalue weighted by Crippen LogP contribution is -2.40. The van der Waals surface area contributed by atoms with E-state index in [2.05, 4.69) is 15.1 Å². The number of likely N-dealkylation sites (tertiary alicyclic amines) is 1. The molecule has 1 saturated heterocycles. The van der Waals surface area contributed by atoms with Crippen LogP contribution in [0.25, 0.3) is 0 Å². The lowest BCUT2D eigenvalue weighted by molar-refractivity contribution is -0.134. The zero-order valence-corrected chi connectivity index (χ0v) is 14.3.